The second-order valence-electron chi connectivity index (χ2n) is 2.30. The molecule has 0 aliphatic carbocycles. The number of carbonyl (C=O) groups is 1. The molecule has 0 bridgehead atoms. The fraction of sp³-hybridized carbons (Fsp3) is 0.143. The molecule has 14 heavy (non-hydrogen) atoms. The van der Waals surface area contributed by atoms with Gasteiger partial charge in [-0.1, -0.05) is 0 Å². The van der Waals surface area contributed by atoms with Crippen molar-refractivity contribution in [2.45, 2.75) is 6.18 Å². The molecule has 1 aromatic rings. The van der Waals surface area contributed by atoms with Crippen molar-refractivity contribution < 1.29 is 22.7 Å². The molecule has 0 radical (unpaired) electrons. The molecule has 0 aliphatic rings. The van der Waals surface area contributed by atoms with Crippen molar-refractivity contribution in [1.82, 2.24) is 4.98 Å². The first kappa shape index (κ1) is 10.3. The Labute approximate surface area is 76.5 Å². The molecular formula is C7H5F3N2O2. The fourth-order valence-electron chi connectivity index (χ4n) is 0.725. The second kappa shape index (κ2) is 3.52. The number of primary amides is 1. The number of pyridine rings is 1. The third kappa shape index (κ3) is 2.61. The Kier molecular flexibility index (Phi) is 2.59. The lowest BCUT2D eigenvalue weighted by Crippen LogP contribution is -2.16. The van der Waals surface area contributed by atoms with Gasteiger partial charge in [0.05, 0.1) is 6.20 Å². The number of nitrogens with two attached hydrogens (primary N) is 1. The van der Waals surface area contributed by atoms with Crippen LogP contribution in [0.1, 0.15) is 5.69 Å². The summed E-state index contributed by atoms with van der Waals surface area (Å²) >= 11 is 0. The van der Waals surface area contributed by atoms with Gasteiger partial charge in [-0.15, -0.1) is 0 Å². The third-order valence-corrected chi connectivity index (χ3v) is 1.25. The van der Waals surface area contributed by atoms with Gasteiger partial charge < -0.3 is 10.5 Å². The highest BCUT2D eigenvalue weighted by molar-refractivity contribution is 5.67. The van der Waals surface area contributed by atoms with Gasteiger partial charge in [-0.2, -0.15) is 13.2 Å². The summed E-state index contributed by atoms with van der Waals surface area (Å²) in [5.41, 5.74) is 3.58. The average molecular weight is 206 g/mol. The highest BCUT2D eigenvalue weighted by atomic mass is 19.4. The summed E-state index contributed by atoms with van der Waals surface area (Å²) < 4.78 is 40.3. The molecule has 7 heteroatoms. The van der Waals surface area contributed by atoms with Gasteiger partial charge in [0.15, 0.2) is 5.75 Å². The predicted molar refractivity (Wildman–Crippen MR) is 39.5 cm³/mol. The van der Waals surface area contributed by atoms with Gasteiger partial charge in [0, 0.05) is 0 Å². The molecule has 1 aromatic heterocycles. The van der Waals surface area contributed by atoms with Crippen LogP contribution in [0.4, 0.5) is 18.0 Å². The molecule has 0 unspecified atom stereocenters. The van der Waals surface area contributed by atoms with Gasteiger partial charge in [0.1, 0.15) is 5.69 Å². The Bertz CT molecular complexity index is 334. The van der Waals surface area contributed by atoms with Crippen LogP contribution >= 0.6 is 0 Å². The molecule has 2 N–H and O–H groups in total. The number of hydrogen-bond acceptors (Lipinski definition) is 3. The van der Waals surface area contributed by atoms with Gasteiger partial charge in [-0.3, -0.25) is 0 Å². The van der Waals surface area contributed by atoms with Gasteiger partial charge >= 0.3 is 12.3 Å². The van der Waals surface area contributed by atoms with Crippen LogP contribution in [-0.2, 0) is 6.18 Å². The molecule has 1 rings (SSSR count). The zero-order valence-electron chi connectivity index (χ0n) is 6.71. The van der Waals surface area contributed by atoms with Crippen molar-refractivity contribution in [3.63, 3.8) is 0 Å². The number of amides is 1. The van der Waals surface area contributed by atoms with E-state index in [1.54, 1.807) is 0 Å². The van der Waals surface area contributed by atoms with Crippen molar-refractivity contribution >= 4 is 6.09 Å². The van der Waals surface area contributed by atoms with Gasteiger partial charge in [-0.05, 0) is 12.1 Å². The summed E-state index contributed by atoms with van der Waals surface area (Å²) in [6.07, 6.45) is -4.84. The van der Waals surface area contributed by atoms with E-state index in [4.69, 9.17) is 0 Å². The smallest absolute Gasteiger partial charge is 0.409 e. The van der Waals surface area contributed by atoms with E-state index in [9.17, 15) is 18.0 Å². The normalized spacial score (nSPS) is 11.1. The summed E-state index contributed by atoms with van der Waals surface area (Å²) in [5, 5.41) is 0. The monoisotopic (exact) mass is 206 g/mol. The topological polar surface area (TPSA) is 65.2 Å². The summed E-state index contributed by atoms with van der Waals surface area (Å²) in [4.78, 5) is 13.2. The molecule has 76 valence electrons. The first-order valence-electron chi connectivity index (χ1n) is 3.40. The van der Waals surface area contributed by atoms with E-state index in [0.29, 0.717) is 6.07 Å². The van der Waals surface area contributed by atoms with Crippen LogP contribution in [0, 0.1) is 0 Å². The lowest BCUT2D eigenvalue weighted by molar-refractivity contribution is -0.141. The van der Waals surface area contributed by atoms with E-state index in [2.05, 4.69) is 15.5 Å². The average Bonchev–Trinajstić information content (AvgIpc) is 2.02. The summed E-state index contributed by atoms with van der Waals surface area (Å²) in [5.74, 6) is -0.134. The SMILES string of the molecule is NC(=O)Oc1ccc(C(F)(F)F)nc1. The van der Waals surface area contributed by atoms with E-state index in [-0.39, 0.29) is 5.75 Å². The molecule has 0 saturated heterocycles. The van der Waals surface area contributed by atoms with Gasteiger partial charge in [0.2, 0.25) is 0 Å². The van der Waals surface area contributed by atoms with Gasteiger partial charge in [-0.25, -0.2) is 9.78 Å². The van der Waals surface area contributed by atoms with E-state index in [1.165, 1.54) is 0 Å². The third-order valence-electron chi connectivity index (χ3n) is 1.25. The molecule has 0 atom stereocenters. The number of hydrogen-bond donors (Lipinski definition) is 1. The molecule has 0 aromatic carbocycles. The van der Waals surface area contributed by atoms with E-state index in [0.717, 1.165) is 12.3 Å². The predicted octanol–water partition coefficient (Wildman–Crippen LogP) is 1.56. The van der Waals surface area contributed by atoms with Crippen molar-refractivity contribution in [2.24, 2.45) is 5.73 Å². The van der Waals surface area contributed by atoms with Crippen molar-refractivity contribution in [3.8, 4) is 5.75 Å². The molecule has 0 saturated carbocycles. The molecule has 1 amide bonds. The van der Waals surface area contributed by atoms with Gasteiger partial charge in [0.25, 0.3) is 0 Å². The molecule has 1 heterocycles. The number of nitrogens with zero attached hydrogens (tertiary/aromatic N) is 1. The lowest BCUT2D eigenvalue weighted by atomic mass is 10.3. The van der Waals surface area contributed by atoms with Crippen molar-refractivity contribution in [3.05, 3.63) is 24.0 Å². The quantitative estimate of drug-likeness (QED) is 0.758. The number of halogens is 3. The highest BCUT2D eigenvalue weighted by Crippen LogP contribution is 2.28. The number of carbonyl (C=O) groups excluding carboxylic acids is 1. The van der Waals surface area contributed by atoms with E-state index >= 15 is 0 Å². The minimum atomic E-state index is -4.51. The number of ether oxygens (including phenoxy) is 1. The summed E-state index contributed by atoms with van der Waals surface area (Å²) in [6, 6.07) is 1.65. The zero-order chi connectivity index (χ0) is 10.8. The molecular weight excluding hydrogens is 201 g/mol. The van der Waals surface area contributed by atoms with Crippen LogP contribution in [-0.4, -0.2) is 11.1 Å². The van der Waals surface area contributed by atoms with E-state index < -0.39 is 18.0 Å². The van der Waals surface area contributed by atoms with Crippen LogP contribution in [0.15, 0.2) is 18.3 Å². The standard InChI is InChI=1S/C7H5F3N2O2/c8-7(9,10)5-2-1-4(3-12-5)14-6(11)13/h1-3H,(H2,11,13). The maximum atomic E-state index is 12.0. The number of rotatable bonds is 1. The minimum Gasteiger partial charge on any atom is -0.409 e. The first-order valence-corrected chi connectivity index (χ1v) is 3.40. The zero-order valence-corrected chi connectivity index (χ0v) is 6.71. The Hall–Kier alpha value is -1.79. The van der Waals surface area contributed by atoms with Crippen molar-refractivity contribution in [1.29, 1.82) is 0 Å². The summed E-state index contributed by atoms with van der Waals surface area (Å²) in [6.45, 7) is 0. The number of aromatic nitrogens is 1. The molecule has 0 aliphatic heterocycles. The lowest BCUT2D eigenvalue weighted by Gasteiger charge is -2.05. The second-order valence-corrected chi connectivity index (χ2v) is 2.30. The molecule has 0 fully saturated rings. The Balaban J connectivity index is 2.84. The fourth-order valence-corrected chi connectivity index (χ4v) is 0.725. The van der Waals surface area contributed by atoms with Crippen LogP contribution in [0.5, 0.6) is 5.75 Å². The van der Waals surface area contributed by atoms with Crippen LogP contribution in [0.25, 0.3) is 0 Å². The Morgan fingerprint density at radius 3 is 2.43 bits per heavy atom. The summed E-state index contributed by atoms with van der Waals surface area (Å²) in [7, 11) is 0. The minimum absolute atomic E-state index is 0.134. The maximum absolute atomic E-state index is 12.0. The van der Waals surface area contributed by atoms with Crippen LogP contribution in [0.2, 0.25) is 0 Å². The Morgan fingerprint density at radius 2 is 2.07 bits per heavy atom. The van der Waals surface area contributed by atoms with E-state index in [1.807, 2.05) is 0 Å². The molecule has 0 spiro atoms. The maximum Gasteiger partial charge on any atom is 0.433 e. The number of alkyl halides is 3. The van der Waals surface area contributed by atoms with Crippen molar-refractivity contribution in [2.75, 3.05) is 0 Å². The molecule has 4 nitrogen and oxygen atoms in total. The largest absolute Gasteiger partial charge is 0.433 e. The van der Waals surface area contributed by atoms with Crippen LogP contribution < -0.4 is 10.5 Å². The van der Waals surface area contributed by atoms with Crippen LogP contribution in [0.3, 0.4) is 0 Å². The Morgan fingerprint density at radius 1 is 1.43 bits per heavy atom. The first-order chi connectivity index (χ1) is 6.39. The highest BCUT2D eigenvalue weighted by Gasteiger charge is 2.32.